The SMILES string of the molecule is CCc1nc(N)sc1C(=O)N1CCC[C@@H](CCc2ccccc2F)C1. The van der Waals surface area contributed by atoms with Gasteiger partial charge in [0.25, 0.3) is 5.91 Å². The molecule has 1 amide bonds. The van der Waals surface area contributed by atoms with Crippen LogP contribution in [0, 0.1) is 11.7 Å². The molecule has 1 fully saturated rings. The number of nitrogens with two attached hydrogens (primary N) is 1. The molecule has 3 rings (SSSR count). The van der Waals surface area contributed by atoms with Crippen molar-refractivity contribution in [3.05, 3.63) is 46.2 Å². The Balaban J connectivity index is 1.62. The maximum absolute atomic E-state index is 13.8. The molecule has 1 saturated heterocycles. The monoisotopic (exact) mass is 361 g/mol. The van der Waals surface area contributed by atoms with Gasteiger partial charge in [-0.1, -0.05) is 36.5 Å². The Morgan fingerprint density at radius 1 is 1.44 bits per heavy atom. The van der Waals surface area contributed by atoms with Crippen molar-refractivity contribution in [1.29, 1.82) is 0 Å². The van der Waals surface area contributed by atoms with Gasteiger partial charge in [-0.15, -0.1) is 0 Å². The average molecular weight is 361 g/mol. The number of amides is 1. The summed E-state index contributed by atoms with van der Waals surface area (Å²) in [5.41, 5.74) is 7.33. The summed E-state index contributed by atoms with van der Waals surface area (Å²) in [6, 6.07) is 6.93. The molecule has 0 saturated carbocycles. The highest BCUT2D eigenvalue weighted by Crippen LogP contribution is 2.27. The van der Waals surface area contributed by atoms with Gasteiger partial charge in [-0.2, -0.15) is 0 Å². The summed E-state index contributed by atoms with van der Waals surface area (Å²) >= 11 is 1.28. The van der Waals surface area contributed by atoms with Crippen molar-refractivity contribution in [2.45, 2.75) is 39.0 Å². The van der Waals surface area contributed by atoms with Crippen molar-refractivity contribution >= 4 is 22.4 Å². The van der Waals surface area contributed by atoms with Crippen LogP contribution in [0.25, 0.3) is 0 Å². The van der Waals surface area contributed by atoms with Crippen LogP contribution in [0.5, 0.6) is 0 Å². The smallest absolute Gasteiger partial charge is 0.265 e. The molecule has 0 aliphatic carbocycles. The first-order valence-corrected chi connectivity index (χ1v) is 9.68. The van der Waals surface area contributed by atoms with Gasteiger partial charge in [-0.05, 0) is 49.7 Å². The number of aromatic nitrogens is 1. The predicted octanol–water partition coefficient (Wildman–Crippen LogP) is 3.91. The van der Waals surface area contributed by atoms with E-state index >= 15 is 0 Å². The molecule has 0 spiro atoms. The highest BCUT2D eigenvalue weighted by Gasteiger charge is 2.27. The first kappa shape index (κ1) is 17.9. The van der Waals surface area contributed by atoms with Crippen molar-refractivity contribution in [2.24, 2.45) is 5.92 Å². The number of hydrogen-bond donors (Lipinski definition) is 1. The molecule has 1 aliphatic rings. The summed E-state index contributed by atoms with van der Waals surface area (Å²) < 4.78 is 13.8. The third-order valence-electron chi connectivity index (χ3n) is 4.83. The fourth-order valence-electron chi connectivity index (χ4n) is 3.47. The lowest BCUT2D eigenvalue weighted by molar-refractivity contribution is 0.0672. The van der Waals surface area contributed by atoms with E-state index in [0.29, 0.717) is 28.8 Å². The number of carbonyl (C=O) groups excluding carboxylic acids is 1. The molecule has 1 aromatic carbocycles. The molecule has 2 N–H and O–H groups in total. The molecule has 1 aliphatic heterocycles. The largest absolute Gasteiger partial charge is 0.375 e. The molecular formula is C19H24FN3OS. The molecule has 134 valence electrons. The average Bonchev–Trinajstić information content (AvgIpc) is 3.01. The van der Waals surface area contributed by atoms with Crippen LogP contribution in [-0.2, 0) is 12.8 Å². The fourth-order valence-corrected chi connectivity index (χ4v) is 4.36. The topological polar surface area (TPSA) is 59.2 Å². The Morgan fingerprint density at radius 3 is 3.00 bits per heavy atom. The summed E-state index contributed by atoms with van der Waals surface area (Å²) in [6.45, 7) is 3.49. The molecule has 1 aromatic heterocycles. The molecule has 25 heavy (non-hydrogen) atoms. The second kappa shape index (κ2) is 7.95. The molecule has 1 atom stereocenters. The molecule has 2 aromatic rings. The first-order chi connectivity index (χ1) is 12.1. The second-order valence-electron chi connectivity index (χ2n) is 6.57. The van der Waals surface area contributed by atoms with Crippen LogP contribution in [0.2, 0.25) is 0 Å². The number of aryl methyl sites for hydroxylation is 2. The zero-order valence-corrected chi connectivity index (χ0v) is 15.3. The van der Waals surface area contributed by atoms with E-state index in [1.54, 1.807) is 6.07 Å². The van der Waals surface area contributed by atoms with Crippen LogP contribution in [0.3, 0.4) is 0 Å². The second-order valence-corrected chi connectivity index (χ2v) is 7.60. The number of nitrogens with zero attached hydrogens (tertiary/aromatic N) is 2. The van der Waals surface area contributed by atoms with Crippen molar-refractivity contribution < 1.29 is 9.18 Å². The zero-order valence-electron chi connectivity index (χ0n) is 14.5. The lowest BCUT2D eigenvalue weighted by Gasteiger charge is -2.32. The first-order valence-electron chi connectivity index (χ1n) is 8.86. The number of rotatable bonds is 5. The maximum atomic E-state index is 13.8. The Labute approximate surface area is 151 Å². The standard InChI is InChI=1S/C19H24FN3OS/c1-2-16-17(25-19(21)22-16)18(24)23-11-5-6-13(12-23)9-10-14-7-3-4-8-15(14)20/h3-4,7-8,13H,2,5-6,9-12H2,1H3,(H2,21,22)/t13-/m0/s1. The van der Waals surface area contributed by atoms with Gasteiger partial charge in [0.05, 0.1) is 5.69 Å². The molecular weight excluding hydrogens is 337 g/mol. The van der Waals surface area contributed by atoms with E-state index in [-0.39, 0.29) is 11.7 Å². The summed E-state index contributed by atoms with van der Waals surface area (Å²) in [5.74, 6) is 0.313. The highest BCUT2D eigenvalue weighted by molar-refractivity contribution is 7.17. The zero-order chi connectivity index (χ0) is 17.8. The van der Waals surface area contributed by atoms with Gasteiger partial charge in [0.2, 0.25) is 0 Å². The molecule has 2 heterocycles. The Hall–Kier alpha value is -1.95. The van der Waals surface area contributed by atoms with Crippen LogP contribution >= 0.6 is 11.3 Å². The third-order valence-corrected chi connectivity index (χ3v) is 5.74. The van der Waals surface area contributed by atoms with E-state index in [9.17, 15) is 9.18 Å². The van der Waals surface area contributed by atoms with Crippen LogP contribution in [0.15, 0.2) is 24.3 Å². The molecule has 0 radical (unpaired) electrons. The Morgan fingerprint density at radius 2 is 2.24 bits per heavy atom. The van der Waals surface area contributed by atoms with Crippen molar-refractivity contribution in [3.63, 3.8) is 0 Å². The Bertz CT molecular complexity index is 746. The number of hydrogen-bond acceptors (Lipinski definition) is 4. The highest BCUT2D eigenvalue weighted by atomic mass is 32.1. The van der Waals surface area contributed by atoms with E-state index in [2.05, 4.69) is 4.98 Å². The van der Waals surface area contributed by atoms with Gasteiger partial charge < -0.3 is 10.6 Å². The number of anilines is 1. The van der Waals surface area contributed by atoms with Gasteiger partial charge in [0, 0.05) is 13.1 Å². The molecule has 0 unspecified atom stereocenters. The normalized spacial score (nSPS) is 17.7. The summed E-state index contributed by atoms with van der Waals surface area (Å²) in [4.78, 5) is 19.7. The van der Waals surface area contributed by atoms with Crippen LogP contribution in [0.1, 0.15) is 47.1 Å². The van der Waals surface area contributed by atoms with Gasteiger partial charge in [0.15, 0.2) is 5.13 Å². The van der Waals surface area contributed by atoms with Crippen LogP contribution in [-0.4, -0.2) is 28.9 Å². The van der Waals surface area contributed by atoms with Crippen molar-refractivity contribution in [2.75, 3.05) is 18.8 Å². The summed E-state index contributed by atoms with van der Waals surface area (Å²) in [7, 11) is 0. The minimum absolute atomic E-state index is 0.0432. The van der Waals surface area contributed by atoms with Gasteiger partial charge in [-0.25, -0.2) is 9.37 Å². The van der Waals surface area contributed by atoms with Gasteiger partial charge in [0.1, 0.15) is 10.7 Å². The summed E-state index contributed by atoms with van der Waals surface area (Å²) in [5, 5.41) is 0.452. The van der Waals surface area contributed by atoms with E-state index < -0.39 is 0 Å². The molecule has 4 nitrogen and oxygen atoms in total. The lowest BCUT2D eigenvalue weighted by atomic mass is 9.91. The number of benzene rings is 1. The van der Waals surface area contributed by atoms with Crippen LogP contribution < -0.4 is 5.73 Å². The molecule has 6 heteroatoms. The predicted molar refractivity (Wildman–Crippen MR) is 99.3 cm³/mol. The molecule has 0 bridgehead atoms. The fraction of sp³-hybridized carbons (Fsp3) is 0.474. The van der Waals surface area contributed by atoms with E-state index in [4.69, 9.17) is 5.73 Å². The van der Waals surface area contributed by atoms with E-state index in [0.717, 1.165) is 43.6 Å². The minimum Gasteiger partial charge on any atom is -0.375 e. The number of thiazole rings is 1. The maximum Gasteiger partial charge on any atom is 0.265 e. The van der Waals surface area contributed by atoms with Crippen LogP contribution in [0.4, 0.5) is 9.52 Å². The van der Waals surface area contributed by atoms with E-state index in [1.807, 2.05) is 24.0 Å². The third kappa shape index (κ3) is 4.18. The lowest BCUT2D eigenvalue weighted by Crippen LogP contribution is -2.40. The number of likely N-dealkylation sites (tertiary alicyclic amines) is 1. The number of halogens is 1. The number of nitrogen functional groups attached to an aromatic ring is 1. The van der Waals surface area contributed by atoms with Crippen molar-refractivity contribution in [3.8, 4) is 0 Å². The minimum atomic E-state index is -0.140. The Kier molecular flexibility index (Phi) is 5.68. The van der Waals surface area contributed by atoms with E-state index in [1.165, 1.54) is 17.4 Å². The number of carbonyl (C=O) groups is 1. The number of piperidine rings is 1. The van der Waals surface area contributed by atoms with Gasteiger partial charge in [-0.3, -0.25) is 4.79 Å². The van der Waals surface area contributed by atoms with Crippen molar-refractivity contribution in [1.82, 2.24) is 9.88 Å². The quantitative estimate of drug-likeness (QED) is 0.878. The summed E-state index contributed by atoms with van der Waals surface area (Å²) in [6.07, 6.45) is 4.40. The van der Waals surface area contributed by atoms with Gasteiger partial charge >= 0.3 is 0 Å².